The molecule has 1 rings (SSSR count). The number of nitrogens with zero attached hydrogens (tertiary/aromatic N) is 1. The third-order valence-electron chi connectivity index (χ3n) is 1.12. The summed E-state index contributed by atoms with van der Waals surface area (Å²) < 4.78 is 59.9. The van der Waals surface area contributed by atoms with Gasteiger partial charge >= 0.3 is 15.6 Å². The van der Waals surface area contributed by atoms with E-state index in [1.807, 2.05) is 0 Å². The summed E-state index contributed by atoms with van der Waals surface area (Å²) in [5, 5.41) is 0. The van der Waals surface area contributed by atoms with Crippen LogP contribution in [0.25, 0.3) is 0 Å². The maximum atomic E-state index is 11.8. The highest BCUT2D eigenvalue weighted by molar-refractivity contribution is 7.87. The normalized spacial score (nSPS) is 12.5. The maximum Gasteiger partial charge on any atom is 0.534 e. The molecule has 0 atom stereocenters. The molecule has 0 spiro atoms. The Hall–Kier alpha value is -1.31. The molecule has 0 radical (unpaired) electrons. The van der Waals surface area contributed by atoms with Crippen molar-refractivity contribution in [2.45, 2.75) is 5.51 Å². The fraction of sp³-hybridized carbons (Fsp3) is 0.167. The van der Waals surface area contributed by atoms with Gasteiger partial charge < -0.3 is 4.18 Å². The number of rotatable bonds is 2. The van der Waals surface area contributed by atoms with Gasteiger partial charge in [0.2, 0.25) is 5.88 Å². The second kappa shape index (κ2) is 3.45. The third kappa shape index (κ3) is 2.34. The minimum Gasteiger partial charge on any atom is -0.355 e. The molecule has 0 amide bonds. The molecule has 0 bridgehead atoms. The van der Waals surface area contributed by atoms with E-state index in [-0.39, 0.29) is 0 Å². The summed E-state index contributed by atoms with van der Waals surface area (Å²) in [6, 6.07) is 3.71. The Balaban J connectivity index is 2.91. The monoisotopic (exact) mass is 227 g/mol. The fourth-order valence-electron chi connectivity index (χ4n) is 0.556. The minimum absolute atomic E-state index is 0.621. The summed E-state index contributed by atoms with van der Waals surface area (Å²) in [7, 11) is -5.61. The van der Waals surface area contributed by atoms with Crippen LogP contribution in [0.2, 0.25) is 0 Å². The van der Waals surface area contributed by atoms with Crippen LogP contribution in [0.4, 0.5) is 13.2 Å². The lowest BCUT2D eigenvalue weighted by molar-refractivity contribution is -0.0501. The second-order valence-corrected chi connectivity index (χ2v) is 3.69. The summed E-state index contributed by atoms with van der Waals surface area (Å²) in [5.41, 5.74) is -5.44. The van der Waals surface area contributed by atoms with E-state index in [0.717, 1.165) is 12.3 Å². The van der Waals surface area contributed by atoms with Crippen LogP contribution in [0, 0.1) is 0 Å². The molecule has 0 saturated carbocycles. The Bertz CT molecular complexity index is 400. The zero-order chi connectivity index (χ0) is 10.8. The molecule has 8 heteroatoms. The molecule has 78 valence electrons. The van der Waals surface area contributed by atoms with Crippen molar-refractivity contribution < 1.29 is 25.8 Å². The van der Waals surface area contributed by atoms with Crippen LogP contribution in [-0.4, -0.2) is 18.9 Å². The Morgan fingerprint density at radius 1 is 1.29 bits per heavy atom. The summed E-state index contributed by atoms with van der Waals surface area (Å²) in [4.78, 5) is 3.28. The average Bonchev–Trinajstić information content (AvgIpc) is 2.03. The van der Waals surface area contributed by atoms with E-state index in [0.29, 0.717) is 0 Å². The largest absolute Gasteiger partial charge is 0.534 e. The van der Waals surface area contributed by atoms with Crippen molar-refractivity contribution in [3.63, 3.8) is 0 Å². The second-order valence-electron chi connectivity index (χ2n) is 2.15. The Morgan fingerprint density at radius 2 is 1.93 bits per heavy atom. The SMILES string of the molecule is O=S(=O)(Oc1ccccn1)C(F)(F)F. The van der Waals surface area contributed by atoms with E-state index in [1.54, 1.807) is 0 Å². The zero-order valence-corrected chi connectivity index (χ0v) is 7.34. The van der Waals surface area contributed by atoms with Gasteiger partial charge in [0, 0.05) is 12.3 Å². The molecule has 0 aliphatic rings. The Morgan fingerprint density at radius 3 is 2.36 bits per heavy atom. The van der Waals surface area contributed by atoms with Gasteiger partial charge in [0.15, 0.2) is 0 Å². The van der Waals surface area contributed by atoms with E-state index in [9.17, 15) is 21.6 Å². The van der Waals surface area contributed by atoms with Gasteiger partial charge in [-0.25, -0.2) is 4.98 Å². The van der Waals surface area contributed by atoms with Gasteiger partial charge in [0.25, 0.3) is 0 Å². The van der Waals surface area contributed by atoms with Crippen LogP contribution in [-0.2, 0) is 10.1 Å². The summed E-state index contributed by atoms with van der Waals surface area (Å²) in [5.74, 6) is -0.621. The van der Waals surface area contributed by atoms with Gasteiger partial charge in [-0.2, -0.15) is 21.6 Å². The first kappa shape index (κ1) is 10.8. The van der Waals surface area contributed by atoms with Crippen LogP contribution >= 0.6 is 0 Å². The number of aromatic nitrogens is 1. The number of hydrogen-bond donors (Lipinski definition) is 0. The van der Waals surface area contributed by atoms with E-state index in [4.69, 9.17) is 0 Å². The molecule has 0 unspecified atom stereocenters. The van der Waals surface area contributed by atoms with Crippen LogP contribution < -0.4 is 4.18 Å². The van der Waals surface area contributed by atoms with Crippen molar-refractivity contribution >= 4 is 10.1 Å². The lowest BCUT2D eigenvalue weighted by atomic mass is 10.5. The molecule has 0 aromatic carbocycles. The van der Waals surface area contributed by atoms with E-state index >= 15 is 0 Å². The van der Waals surface area contributed by atoms with Gasteiger partial charge in [-0.15, -0.1) is 0 Å². The molecular weight excluding hydrogens is 223 g/mol. The molecule has 0 N–H and O–H groups in total. The molecule has 0 aliphatic carbocycles. The molecule has 1 aromatic rings. The summed E-state index contributed by atoms with van der Waals surface area (Å²) in [6.07, 6.45) is 1.11. The lowest BCUT2D eigenvalue weighted by Gasteiger charge is -2.07. The maximum absolute atomic E-state index is 11.8. The molecule has 4 nitrogen and oxygen atoms in total. The van der Waals surface area contributed by atoms with Crippen molar-refractivity contribution in [1.82, 2.24) is 4.98 Å². The van der Waals surface area contributed by atoms with Gasteiger partial charge in [-0.3, -0.25) is 0 Å². The number of halogens is 3. The van der Waals surface area contributed by atoms with Crippen molar-refractivity contribution in [3.05, 3.63) is 24.4 Å². The van der Waals surface area contributed by atoms with E-state index in [2.05, 4.69) is 9.17 Å². The van der Waals surface area contributed by atoms with Crippen LogP contribution in [0.5, 0.6) is 5.88 Å². The molecule has 0 fully saturated rings. The van der Waals surface area contributed by atoms with Crippen molar-refractivity contribution in [1.29, 1.82) is 0 Å². The Kier molecular flexibility index (Phi) is 2.65. The summed E-state index contributed by atoms with van der Waals surface area (Å²) in [6.45, 7) is 0. The highest BCUT2D eigenvalue weighted by Gasteiger charge is 2.48. The predicted octanol–water partition coefficient (Wildman–Crippen LogP) is 1.31. The van der Waals surface area contributed by atoms with Gasteiger partial charge in [0.05, 0.1) is 0 Å². The number of pyridine rings is 1. The number of alkyl halides is 3. The molecular formula is C6H4F3NO3S. The molecule has 0 aliphatic heterocycles. The quantitative estimate of drug-likeness (QED) is 0.564. The highest BCUT2D eigenvalue weighted by Crippen LogP contribution is 2.25. The predicted molar refractivity (Wildman–Crippen MR) is 39.8 cm³/mol. The van der Waals surface area contributed by atoms with E-state index in [1.165, 1.54) is 12.1 Å². The Labute approximate surface area is 77.5 Å². The standard InChI is InChI=1S/C6H4F3NO3S/c7-6(8,9)14(11,12)13-5-3-1-2-4-10-5/h1-4H. The van der Waals surface area contributed by atoms with Crippen molar-refractivity contribution in [2.24, 2.45) is 0 Å². The lowest BCUT2D eigenvalue weighted by Crippen LogP contribution is -2.28. The van der Waals surface area contributed by atoms with Crippen LogP contribution in [0.1, 0.15) is 0 Å². The first-order valence-corrected chi connectivity index (χ1v) is 4.65. The summed E-state index contributed by atoms with van der Waals surface area (Å²) >= 11 is 0. The van der Waals surface area contributed by atoms with E-state index < -0.39 is 21.5 Å². The molecule has 0 saturated heterocycles. The average molecular weight is 227 g/mol. The molecule has 1 aromatic heterocycles. The highest BCUT2D eigenvalue weighted by atomic mass is 32.2. The fourth-order valence-corrected chi connectivity index (χ4v) is 0.974. The van der Waals surface area contributed by atoms with Gasteiger partial charge in [-0.1, -0.05) is 6.07 Å². The van der Waals surface area contributed by atoms with Gasteiger partial charge in [-0.05, 0) is 6.07 Å². The number of hydrogen-bond acceptors (Lipinski definition) is 4. The van der Waals surface area contributed by atoms with Crippen LogP contribution in [0.3, 0.4) is 0 Å². The van der Waals surface area contributed by atoms with Crippen LogP contribution in [0.15, 0.2) is 24.4 Å². The first-order valence-electron chi connectivity index (χ1n) is 3.25. The van der Waals surface area contributed by atoms with Gasteiger partial charge in [0.1, 0.15) is 0 Å². The topological polar surface area (TPSA) is 56.3 Å². The zero-order valence-electron chi connectivity index (χ0n) is 6.52. The smallest absolute Gasteiger partial charge is 0.355 e. The third-order valence-corrected chi connectivity index (χ3v) is 2.07. The minimum atomic E-state index is -5.61. The molecule has 1 heterocycles. The first-order chi connectivity index (χ1) is 6.33. The molecule has 14 heavy (non-hydrogen) atoms. The van der Waals surface area contributed by atoms with Crippen molar-refractivity contribution in [2.75, 3.05) is 0 Å². The van der Waals surface area contributed by atoms with Crippen molar-refractivity contribution in [3.8, 4) is 5.88 Å².